The van der Waals surface area contributed by atoms with Gasteiger partial charge in [-0.15, -0.1) is 0 Å². The third-order valence-electron chi connectivity index (χ3n) is 2.42. The van der Waals surface area contributed by atoms with Crippen molar-refractivity contribution in [1.82, 2.24) is 9.62 Å². The summed E-state index contributed by atoms with van der Waals surface area (Å²) in [4.78, 5) is 12.5. The number of nitrogens with one attached hydrogen (secondary N) is 1. The van der Waals surface area contributed by atoms with E-state index in [4.69, 9.17) is 5.11 Å². The van der Waals surface area contributed by atoms with Crippen LogP contribution in [0.2, 0.25) is 0 Å². The van der Waals surface area contributed by atoms with E-state index in [-0.39, 0.29) is 6.04 Å². The molecule has 1 aliphatic rings. The zero-order valence-electron chi connectivity index (χ0n) is 9.35. The summed E-state index contributed by atoms with van der Waals surface area (Å²) in [6.45, 7) is 4.37. The van der Waals surface area contributed by atoms with Crippen molar-refractivity contribution < 1.29 is 18.3 Å². The smallest absolute Gasteiger partial charge is 0.320 e. The largest absolute Gasteiger partial charge is 0.480 e. The molecule has 6 nitrogen and oxygen atoms in total. The standard InChI is InChI=1S/C9H18N2O4S/c1-8(6-11-4-2-3-5-11)10-16(14,15)7-9(12)13/h8,10H,2-7H2,1H3,(H,12,13). The van der Waals surface area contributed by atoms with Crippen molar-refractivity contribution in [1.29, 1.82) is 0 Å². The lowest BCUT2D eigenvalue weighted by atomic mass is 10.3. The minimum atomic E-state index is -3.70. The maximum absolute atomic E-state index is 11.3. The fraction of sp³-hybridized carbons (Fsp3) is 0.889. The van der Waals surface area contributed by atoms with Gasteiger partial charge < -0.3 is 10.0 Å². The molecule has 1 atom stereocenters. The summed E-state index contributed by atoms with van der Waals surface area (Å²) in [5, 5.41) is 8.42. The Labute approximate surface area is 95.7 Å². The number of aliphatic carboxylic acids is 1. The van der Waals surface area contributed by atoms with Crippen LogP contribution in [-0.2, 0) is 14.8 Å². The monoisotopic (exact) mass is 250 g/mol. The van der Waals surface area contributed by atoms with Crippen molar-refractivity contribution in [2.45, 2.75) is 25.8 Å². The number of hydrogen-bond donors (Lipinski definition) is 2. The SMILES string of the molecule is CC(CN1CCCC1)NS(=O)(=O)CC(=O)O. The van der Waals surface area contributed by atoms with Crippen LogP contribution in [0.4, 0.5) is 0 Å². The second-order valence-electron chi connectivity index (χ2n) is 4.18. The number of carbonyl (C=O) groups is 1. The van der Waals surface area contributed by atoms with E-state index in [1.54, 1.807) is 6.92 Å². The van der Waals surface area contributed by atoms with E-state index < -0.39 is 21.7 Å². The Kier molecular flexibility index (Phi) is 4.69. The molecule has 0 amide bonds. The van der Waals surface area contributed by atoms with Gasteiger partial charge in [0.2, 0.25) is 10.0 Å². The second-order valence-corrected chi connectivity index (χ2v) is 5.93. The molecule has 1 rings (SSSR count). The number of carboxylic acid groups (broad SMARTS) is 1. The number of nitrogens with zero attached hydrogens (tertiary/aromatic N) is 1. The van der Waals surface area contributed by atoms with Gasteiger partial charge in [0, 0.05) is 12.6 Å². The van der Waals surface area contributed by atoms with Crippen LogP contribution >= 0.6 is 0 Å². The Balaban J connectivity index is 2.37. The third-order valence-corrected chi connectivity index (χ3v) is 3.81. The molecule has 1 saturated heterocycles. The molecule has 0 aromatic heterocycles. The number of carboxylic acids is 1. The summed E-state index contributed by atoms with van der Waals surface area (Å²) in [6, 6.07) is -0.248. The summed E-state index contributed by atoms with van der Waals surface area (Å²) in [7, 11) is -3.70. The van der Waals surface area contributed by atoms with Crippen LogP contribution in [0.1, 0.15) is 19.8 Å². The van der Waals surface area contributed by atoms with Crippen molar-refractivity contribution in [3.8, 4) is 0 Å². The van der Waals surface area contributed by atoms with Gasteiger partial charge in [0.05, 0.1) is 0 Å². The number of likely N-dealkylation sites (tertiary alicyclic amines) is 1. The van der Waals surface area contributed by atoms with Gasteiger partial charge in [0.1, 0.15) is 0 Å². The molecule has 0 aliphatic carbocycles. The first kappa shape index (κ1) is 13.4. The quantitative estimate of drug-likeness (QED) is 0.662. The Hall–Kier alpha value is -0.660. The third kappa shape index (κ3) is 4.91. The van der Waals surface area contributed by atoms with E-state index in [0.717, 1.165) is 25.9 Å². The maximum Gasteiger partial charge on any atom is 0.320 e. The molecule has 1 fully saturated rings. The van der Waals surface area contributed by atoms with Gasteiger partial charge in [-0.25, -0.2) is 13.1 Å². The molecule has 0 spiro atoms. The van der Waals surface area contributed by atoms with E-state index in [2.05, 4.69) is 9.62 Å². The minimum Gasteiger partial charge on any atom is -0.480 e. The topological polar surface area (TPSA) is 86.7 Å². The number of sulfonamides is 1. The minimum absolute atomic E-state index is 0.248. The molecule has 1 unspecified atom stereocenters. The zero-order chi connectivity index (χ0) is 12.2. The summed E-state index contributed by atoms with van der Waals surface area (Å²) in [6.07, 6.45) is 2.29. The molecule has 7 heteroatoms. The Bertz CT molecular complexity index is 335. The first-order chi connectivity index (χ1) is 7.39. The lowest BCUT2D eigenvalue weighted by molar-refractivity contribution is -0.134. The van der Waals surface area contributed by atoms with Crippen molar-refractivity contribution >= 4 is 16.0 Å². The number of rotatable bonds is 6. The number of hydrogen-bond acceptors (Lipinski definition) is 4. The fourth-order valence-electron chi connectivity index (χ4n) is 1.90. The van der Waals surface area contributed by atoms with Crippen molar-refractivity contribution in [3.63, 3.8) is 0 Å². The summed E-state index contributed by atoms with van der Waals surface area (Å²) in [5.41, 5.74) is 0. The zero-order valence-corrected chi connectivity index (χ0v) is 10.2. The average molecular weight is 250 g/mol. The van der Waals surface area contributed by atoms with Crippen LogP contribution in [0.5, 0.6) is 0 Å². The van der Waals surface area contributed by atoms with Gasteiger partial charge >= 0.3 is 5.97 Å². The summed E-state index contributed by atoms with van der Waals surface area (Å²) in [5.74, 6) is -2.20. The summed E-state index contributed by atoms with van der Waals surface area (Å²) < 4.78 is 25.0. The molecule has 0 bridgehead atoms. The van der Waals surface area contributed by atoms with Crippen LogP contribution in [-0.4, -0.2) is 55.8 Å². The predicted octanol–water partition coefficient (Wildman–Crippen LogP) is -0.525. The molecule has 0 aromatic rings. The molecule has 0 radical (unpaired) electrons. The molecule has 94 valence electrons. The molecular formula is C9H18N2O4S. The van der Waals surface area contributed by atoms with Gasteiger partial charge in [0.15, 0.2) is 5.75 Å². The van der Waals surface area contributed by atoms with Crippen LogP contribution in [0.15, 0.2) is 0 Å². The summed E-state index contributed by atoms with van der Waals surface area (Å²) >= 11 is 0. The van der Waals surface area contributed by atoms with E-state index >= 15 is 0 Å². The van der Waals surface area contributed by atoms with E-state index in [9.17, 15) is 13.2 Å². The molecule has 1 aliphatic heterocycles. The van der Waals surface area contributed by atoms with E-state index in [1.165, 1.54) is 0 Å². The van der Waals surface area contributed by atoms with Gasteiger partial charge in [-0.05, 0) is 32.9 Å². The predicted molar refractivity (Wildman–Crippen MR) is 59.7 cm³/mol. The Morgan fingerprint density at radius 3 is 2.50 bits per heavy atom. The lowest BCUT2D eigenvalue weighted by Gasteiger charge is -2.20. The molecular weight excluding hydrogens is 232 g/mol. The van der Waals surface area contributed by atoms with E-state index in [0.29, 0.717) is 6.54 Å². The Morgan fingerprint density at radius 2 is 2.00 bits per heavy atom. The Morgan fingerprint density at radius 1 is 1.44 bits per heavy atom. The van der Waals surface area contributed by atoms with Crippen molar-refractivity contribution in [2.75, 3.05) is 25.4 Å². The molecule has 0 aromatic carbocycles. The highest BCUT2D eigenvalue weighted by Gasteiger charge is 2.21. The highest BCUT2D eigenvalue weighted by molar-refractivity contribution is 7.90. The molecule has 2 N–H and O–H groups in total. The molecule has 0 saturated carbocycles. The van der Waals surface area contributed by atoms with Gasteiger partial charge in [-0.1, -0.05) is 0 Å². The molecule has 16 heavy (non-hydrogen) atoms. The molecule has 1 heterocycles. The fourth-order valence-corrected chi connectivity index (χ4v) is 3.00. The first-order valence-corrected chi connectivity index (χ1v) is 6.98. The highest BCUT2D eigenvalue weighted by Crippen LogP contribution is 2.07. The van der Waals surface area contributed by atoms with Crippen molar-refractivity contribution in [3.05, 3.63) is 0 Å². The normalized spacial score (nSPS) is 19.8. The maximum atomic E-state index is 11.3. The van der Waals surface area contributed by atoms with Crippen LogP contribution in [0.3, 0.4) is 0 Å². The van der Waals surface area contributed by atoms with Crippen LogP contribution in [0.25, 0.3) is 0 Å². The van der Waals surface area contributed by atoms with Gasteiger partial charge in [-0.3, -0.25) is 4.79 Å². The van der Waals surface area contributed by atoms with Gasteiger partial charge in [0.25, 0.3) is 0 Å². The second kappa shape index (κ2) is 5.60. The average Bonchev–Trinajstić information content (AvgIpc) is 2.51. The van der Waals surface area contributed by atoms with Crippen LogP contribution in [0, 0.1) is 0 Å². The van der Waals surface area contributed by atoms with Gasteiger partial charge in [-0.2, -0.15) is 0 Å². The first-order valence-electron chi connectivity index (χ1n) is 5.33. The van der Waals surface area contributed by atoms with E-state index in [1.807, 2.05) is 0 Å². The highest BCUT2D eigenvalue weighted by atomic mass is 32.2. The van der Waals surface area contributed by atoms with Crippen LogP contribution < -0.4 is 4.72 Å². The lowest BCUT2D eigenvalue weighted by Crippen LogP contribution is -2.42. The van der Waals surface area contributed by atoms with Crippen molar-refractivity contribution in [2.24, 2.45) is 0 Å².